The highest BCUT2D eigenvalue weighted by atomic mass is 19.4. The van der Waals surface area contributed by atoms with Gasteiger partial charge in [0.05, 0.1) is 31.0 Å². The van der Waals surface area contributed by atoms with Gasteiger partial charge in [-0.15, -0.1) is 0 Å². The molecule has 1 aromatic heterocycles. The maximum absolute atomic E-state index is 10.6. The van der Waals surface area contributed by atoms with Crippen LogP contribution in [0, 0.1) is 23.2 Å². The Hall–Kier alpha value is -3.90. The number of hydrogen-bond acceptors (Lipinski definition) is 7. The minimum atomic E-state index is -5.08. The van der Waals surface area contributed by atoms with E-state index in [0.717, 1.165) is 32.0 Å². The number of carboxylic acid groups (broad SMARTS) is 2. The molecule has 0 spiro atoms. The number of nitrogens with zero attached hydrogens (tertiary/aromatic N) is 3. The lowest BCUT2D eigenvalue weighted by Crippen LogP contribution is -2.26. The molecule has 2 aromatic rings. The number of nitriles is 1. The van der Waals surface area contributed by atoms with Gasteiger partial charge in [0, 0.05) is 43.9 Å². The van der Waals surface area contributed by atoms with Crippen molar-refractivity contribution >= 4 is 11.9 Å². The minimum Gasteiger partial charge on any atom is -0.493 e. The lowest BCUT2D eigenvalue weighted by Gasteiger charge is -2.20. The largest absolute Gasteiger partial charge is 0.493 e. The molecule has 0 unspecified atom stereocenters. The molecular weight excluding hydrogens is 540 g/mol. The van der Waals surface area contributed by atoms with Crippen molar-refractivity contribution in [3.63, 3.8) is 0 Å². The average molecular weight is 563 g/mol. The number of ether oxygens (including phenoxy) is 2. The van der Waals surface area contributed by atoms with Gasteiger partial charge >= 0.3 is 24.3 Å². The molecule has 15 heteroatoms. The van der Waals surface area contributed by atoms with E-state index in [4.69, 9.17) is 34.5 Å². The fraction of sp³-hybridized carbons (Fsp3) is 0.417. The van der Waals surface area contributed by atoms with E-state index in [1.54, 1.807) is 18.3 Å². The molecule has 0 amide bonds. The Bertz CT molecular complexity index is 1120. The number of aromatic nitrogens is 1. The van der Waals surface area contributed by atoms with E-state index in [9.17, 15) is 26.3 Å². The molecule has 4 rings (SSSR count). The second-order valence-corrected chi connectivity index (χ2v) is 8.41. The van der Waals surface area contributed by atoms with Crippen LogP contribution in [0.25, 0.3) is 0 Å². The van der Waals surface area contributed by atoms with Crippen LogP contribution in [0.1, 0.15) is 11.1 Å². The van der Waals surface area contributed by atoms with Gasteiger partial charge in [0.1, 0.15) is 5.75 Å². The lowest BCUT2D eigenvalue weighted by molar-refractivity contribution is -0.193. The van der Waals surface area contributed by atoms with E-state index < -0.39 is 24.3 Å². The third-order valence-corrected chi connectivity index (χ3v) is 5.56. The van der Waals surface area contributed by atoms with Crippen LogP contribution in [-0.4, -0.2) is 76.8 Å². The summed E-state index contributed by atoms with van der Waals surface area (Å²) in [5.74, 6) is -3.85. The fourth-order valence-corrected chi connectivity index (χ4v) is 3.79. The zero-order valence-corrected chi connectivity index (χ0v) is 20.0. The summed E-state index contributed by atoms with van der Waals surface area (Å²) in [5, 5.41) is 23.2. The van der Waals surface area contributed by atoms with Crippen LogP contribution < -0.4 is 4.74 Å². The van der Waals surface area contributed by atoms with Crippen LogP contribution in [0.3, 0.4) is 0 Å². The Balaban J connectivity index is 0.000000317. The van der Waals surface area contributed by atoms with Crippen molar-refractivity contribution in [2.24, 2.45) is 11.8 Å². The summed E-state index contributed by atoms with van der Waals surface area (Å²) in [6, 6.07) is 13.6. The molecule has 0 radical (unpaired) electrons. The van der Waals surface area contributed by atoms with E-state index in [2.05, 4.69) is 22.0 Å². The topological polar surface area (TPSA) is 133 Å². The summed E-state index contributed by atoms with van der Waals surface area (Å²) in [7, 11) is 0. The first-order valence-corrected chi connectivity index (χ1v) is 11.2. The highest BCUT2D eigenvalue weighted by molar-refractivity contribution is 5.73. The zero-order chi connectivity index (χ0) is 29.2. The summed E-state index contributed by atoms with van der Waals surface area (Å²) >= 11 is 0. The normalized spacial score (nSPS) is 20.4. The number of alkyl halides is 6. The second kappa shape index (κ2) is 13.8. The van der Waals surface area contributed by atoms with Crippen LogP contribution in [0.4, 0.5) is 26.3 Å². The molecule has 0 aliphatic carbocycles. The first kappa shape index (κ1) is 31.3. The monoisotopic (exact) mass is 563 g/mol. The third kappa shape index (κ3) is 10.4. The number of rotatable bonds is 5. The van der Waals surface area contributed by atoms with Gasteiger partial charge in [-0.05, 0) is 29.8 Å². The van der Waals surface area contributed by atoms with Crippen molar-refractivity contribution in [2.45, 2.75) is 25.0 Å². The molecule has 212 valence electrons. The van der Waals surface area contributed by atoms with Gasteiger partial charge in [-0.2, -0.15) is 31.6 Å². The van der Waals surface area contributed by atoms with Gasteiger partial charge in [-0.3, -0.25) is 9.88 Å². The zero-order valence-electron chi connectivity index (χ0n) is 20.0. The third-order valence-electron chi connectivity index (χ3n) is 5.56. The predicted octanol–water partition coefficient (Wildman–Crippen LogP) is 3.75. The number of likely N-dealkylation sites (tertiary alicyclic amines) is 1. The van der Waals surface area contributed by atoms with Crippen molar-refractivity contribution in [2.75, 3.05) is 26.3 Å². The van der Waals surface area contributed by atoms with E-state index in [-0.39, 0.29) is 0 Å². The summed E-state index contributed by atoms with van der Waals surface area (Å²) < 4.78 is 75.4. The highest BCUT2D eigenvalue weighted by Crippen LogP contribution is 2.34. The van der Waals surface area contributed by atoms with E-state index in [1.165, 1.54) is 5.56 Å². The Labute approximate surface area is 218 Å². The molecule has 1 aromatic carbocycles. The van der Waals surface area contributed by atoms with Crippen molar-refractivity contribution < 1.29 is 55.6 Å². The molecule has 2 fully saturated rings. The van der Waals surface area contributed by atoms with Crippen LogP contribution in [0.5, 0.6) is 5.75 Å². The lowest BCUT2D eigenvalue weighted by atomic mass is 9.94. The number of pyridine rings is 1. The fourth-order valence-electron chi connectivity index (χ4n) is 3.79. The minimum absolute atomic E-state index is 0.302. The molecule has 2 saturated heterocycles. The quantitative estimate of drug-likeness (QED) is 0.522. The van der Waals surface area contributed by atoms with Crippen LogP contribution in [-0.2, 0) is 20.9 Å². The van der Waals surface area contributed by atoms with E-state index in [1.807, 2.05) is 24.4 Å². The summed E-state index contributed by atoms with van der Waals surface area (Å²) in [5.41, 5.74) is 1.87. The standard InChI is InChI=1S/C20H21N3O2.2C2HF3O2/c21-8-15-3-1-5-18(7-15)24-13-17-14-25-20-12-23(11-19(17)20)10-16-4-2-6-22-9-16;2*3-2(4,5)1(6)7/h1-7,9,17,19-20H,10-14H2;2*(H,6,7)/t17-,19+,20+;;/m0../s1. The van der Waals surface area contributed by atoms with Gasteiger partial charge < -0.3 is 19.7 Å². The Morgan fingerprint density at radius 1 is 1.08 bits per heavy atom. The van der Waals surface area contributed by atoms with E-state index in [0.29, 0.717) is 30.1 Å². The molecule has 0 saturated carbocycles. The van der Waals surface area contributed by atoms with Crippen LogP contribution >= 0.6 is 0 Å². The van der Waals surface area contributed by atoms with Crippen molar-refractivity contribution in [1.82, 2.24) is 9.88 Å². The van der Waals surface area contributed by atoms with Crippen LogP contribution in [0.15, 0.2) is 48.8 Å². The predicted molar refractivity (Wildman–Crippen MR) is 120 cm³/mol. The van der Waals surface area contributed by atoms with Gasteiger partial charge in [0.2, 0.25) is 0 Å². The molecule has 9 nitrogen and oxygen atoms in total. The summed E-state index contributed by atoms with van der Waals surface area (Å²) in [4.78, 5) is 24.4. The molecule has 2 aliphatic heterocycles. The molecule has 2 N–H and O–H groups in total. The maximum Gasteiger partial charge on any atom is 0.490 e. The van der Waals surface area contributed by atoms with E-state index >= 15 is 0 Å². The van der Waals surface area contributed by atoms with Gasteiger partial charge in [-0.25, -0.2) is 9.59 Å². The Morgan fingerprint density at radius 3 is 2.26 bits per heavy atom. The Kier molecular flexibility index (Phi) is 11.1. The Morgan fingerprint density at radius 2 is 1.72 bits per heavy atom. The molecule has 3 heterocycles. The summed E-state index contributed by atoms with van der Waals surface area (Å²) in [6.45, 7) is 4.32. The van der Waals surface area contributed by atoms with Crippen molar-refractivity contribution in [3.8, 4) is 11.8 Å². The highest BCUT2D eigenvalue weighted by Gasteiger charge is 2.44. The number of halogens is 6. The smallest absolute Gasteiger partial charge is 0.490 e. The van der Waals surface area contributed by atoms with Gasteiger partial charge in [-0.1, -0.05) is 12.1 Å². The maximum atomic E-state index is 10.6. The number of carbonyl (C=O) groups is 2. The number of benzene rings is 1. The number of fused-ring (bicyclic) bond motifs is 1. The summed E-state index contributed by atoms with van der Waals surface area (Å²) in [6.07, 6.45) is -6.13. The SMILES string of the molecule is N#Cc1cccc(OC[C@H]2CO[C@@H]3CN(Cc4cccnc4)C[C@H]23)c1.O=C(O)C(F)(F)F.O=C(O)C(F)(F)F. The molecule has 0 bridgehead atoms. The molecule has 3 atom stereocenters. The number of carboxylic acids is 2. The van der Waals surface area contributed by atoms with Gasteiger partial charge in [0.15, 0.2) is 0 Å². The number of aliphatic carboxylic acids is 2. The average Bonchev–Trinajstić information content (AvgIpc) is 3.43. The van der Waals surface area contributed by atoms with Gasteiger partial charge in [0.25, 0.3) is 0 Å². The second-order valence-electron chi connectivity index (χ2n) is 8.41. The molecule has 2 aliphatic rings. The number of hydrogen-bond donors (Lipinski definition) is 2. The van der Waals surface area contributed by atoms with Crippen molar-refractivity contribution in [1.29, 1.82) is 5.26 Å². The first-order valence-electron chi connectivity index (χ1n) is 11.2. The molecular formula is C24H23F6N3O6. The molecule has 39 heavy (non-hydrogen) atoms. The van der Waals surface area contributed by atoms with Crippen molar-refractivity contribution in [3.05, 3.63) is 59.9 Å². The first-order chi connectivity index (χ1) is 18.2. The van der Waals surface area contributed by atoms with Crippen LogP contribution in [0.2, 0.25) is 0 Å².